The first-order valence-corrected chi connectivity index (χ1v) is 6.26. The summed E-state index contributed by atoms with van der Waals surface area (Å²) in [5.41, 5.74) is 1.98. The van der Waals surface area contributed by atoms with Crippen molar-refractivity contribution in [2.75, 3.05) is 6.54 Å². The van der Waals surface area contributed by atoms with Crippen LogP contribution in [-0.2, 0) is 11.3 Å². The number of rotatable bonds is 3. The summed E-state index contributed by atoms with van der Waals surface area (Å²) in [6.07, 6.45) is 4.65. The van der Waals surface area contributed by atoms with E-state index in [1.54, 1.807) is 12.4 Å². The minimum absolute atomic E-state index is 0.326. The van der Waals surface area contributed by atoms with Gasteiger partial charge in [-0.1, -0.05) is 0 Å². The second kappa shape index (κ2) is 5.69. The maximum atomic E-state index is 12.0. The van der Waals surface area contributed by atoms with E-state index in [9.17, 15) is 9.59 Å². The highest BCUT2D eigenvalue weighted by molar-refractivity contribution is 5.83. The third-order valence-electron chi connectivity index (χ3n) is 3.38. The Morgan fingerprint density at radius 2 is 2.37 bits per heavy atom. The predicted molar refractivity (Wildman–Crippen MR) is 68.6 cm³/mol. The van der Waals surface area contributed by atoms with E-state index >= 15 is 0 Å². The molecule has 2 rings (SSSR count). The SMILES string of the molecule is Cc1ccncc1CNC(=O)N1CCCC1C(=O)O. The molecular weight excluding hydrogens is 246 g/mol. The lowest BCUT2D eigenvalue weighted by Crippen LogP contribution is -2.45. The van der Waals surface area contributed by atoms with E-state index in [4.69, 9.17) is 5.11 Å². The van der Waals surface area contributed by atoms with Crippen LogP contribution in [0.3, 0.4) is 0 Å². The number of aryl methyl sites for hydroxylation is 1. The fourth-order valence-electron chi connectivity index (χ4n) is 2.22. The lowest BCUT2D eigenvalue weighted by Gasteiger charge is -2.22. The maximum absolute atomic E-state index is 12.0. The molecule has 19 heavy (non-hydrogen) atoms. The van der Waals surface area contributed by atoms with Gasteiger partial charge in [0, 0.05) is 25.5 Å². The van der Waals surface area contributed by atoms with Crippen LogP contribution in [0.5, 0.6) is 0 Å². The number of pyridine rings is 1. The molecule has 6 heteroatoms. The van der Waals surface area contributed by atoms with E-state index in [1.165, 1.54) is 4.90 Å². The van der Waals surface area contributed by atoms with E-state index in [2.05, 4.69) is 10.3 Å². The average Bonchev–Trinajstić information content (AvgIpc) is 2.87. The molecule has 1 aliphatic rings. The van der Waals surface area contributed by atoms with Gasteiger partial charge in [0.1, 0.15) is 6.04 Å². The largest absolute Gasteiger partial charge is 0.480 e. The number of carbonyl (C=O) groups is 2. The topological polar surface area (TPSA) is 82.5 Å². The smallest absolute Gasteiger partial charge is 0.326 e. The molecule has 2 amide bonds. The van der Waals surface area contributed by atoms with Crippen molar-refractivity contribution in [3.8, 4) is 0 Å². The van der Waals surface area contributed by atoms with Crippen LogP contribution in [0.25, 0.3) is 0 Å². The number of carboxylic acid groups (broad SMARTS) is 1. The van der Waals surface area contributed by atoms with Gasteiger partial charge in [0.2, 0.25) is 0 Å². The Labute approximate surface area is 111 Å². The molecule has 1 unspecified atom stereocenters. The standard InChI is InChI=1S/C13H17N3O3/c1-9-4-5-14-7-10(9)8-15-13(19)16-6-2-3-11(16)12(17)18/h4-5,7,11H,2-3,6,8H2,1H3,(H,15,19)(H,17,18). The molecule has 0 spiro atoms. The van der Waals surface area contributed by atoms with Crippen LogP contribution >= 0.6 is 0 Å². The van der Waals surface area contributed by atoms with Crippen molar-refractivity contribution >= 4 is 12.0 Å². The molecule has 0 radical (unpaired) electrons. The van der Waals surface area contributed by atoms with Crippen molar-refractivity contribution < 1.29 is 14.7 Å². The Balaban J connectivity index is 1.95. The molecule has 2 N–H and O–H groups in total. The van der Waals surface area contributed by atoms with Crippen molar-refractivity contribution in [3.05, 3.63) is 29.6 Å². The molecule has 1 aromatic rings. The molecule has 0 bridgehead atoms. The Morgan fingerprint density at radius 1 is 1.58 bits per heavy atom. The van der Waals surface area contributed by atoms with Gasteiger partial charge in [0.05, 0.1) is 0 Å². The van der Waals surface area contributed by atoms with Crippen molar-refractivity contribution in [2.45, 2.75) is 32.4 Å². The third-order valence-corrected chi connectivity index (χ3v) is 3.38. The van der Waals surface area contributed by atoms with Gasteiger partial charge in [0.15, 0.2) is 0 Å². The second-order valence-corrected chi connectivity index (χ2v) is 4.65. The van der Waals surface area contributed by atoms with Crippen molar-refractivity contribution in [1.82, 2.24) is 15.2 Å². The van der Waals surface area contributed by atoms with Crippen molar-refractivity contribution in [3.63, 3.8) is 0 Å². The summed E-state index contributed by atoms with van der Waals surface area (Å²) in [6, 6.07) is 0.848. The van der Waals surface area contributed by atoms with E-state index < -0.39 is 12.0 Å². The molecule has 1 fully saturated rings. The summed E-state index contributed by atoms with van der Waals surface area (Å²) in [6.45, 7) is 2.80. The number of amides is 2. The Kier molecular flexibility index (Phi) is 3.99. The number of nitrogens with one attached hydrogen (secondary N) is 1. The van der Waals surface area contributed by atoms with Crippen LogP contribution in [0.15, 0.2) is 18.5 Å². The van der Waals surface area contributed by atoms with Crippen LogP contribution in [0, 0.1) is 6.92 Å². The first kappa shape index (κ1) is 13.3. The highest BCUT2D eigenvalue weighted by atomic mass is 16.4. The van der Waals surface area contributed by atoms with E-state index in [0.29, 0.717) is 19.5 Å². The number of carbonyl (C=O) groups excluding carboxylic acids is 1. The molecule has 0 aliphatic carbocycles. The number of aliphatic carboxylic acids is 1. The zero-order valence-electron chi connectivity index (χ0n) is 10.8. The molecule has 1 saturated heterocycles. The summed E-state index contributed by atoms with van der Waals surface area (Å²) in [5.74, 6) is -0.940. The molecule has 0 aromatic carbocycles. The summed E-state index contributed by atoms with van der Waals surface area (Å²) >= 11 is 0. The summed E-state index contributed by atoms with van der Waals surface area (Å²) in [4.78, 5) is 28.4. The fraction of sp³-hybridized carbons (Fsp3) is 0.462. The second-order valence-electron chi connectivity index (χ2n) is 4.65. The molecule has 0 saturated carbocycles. The molecule has 6 nitrogen and oxygen atoms in total. The number of hydrogen-bond donors (Lipinski definition) is 2. The normalized spacial score (nSPS) is 18.4. The molecule has 1 atom stereocenters. The summed E-state index contributed by atoms with van der Waals surface area (Å²) in [7, 11) is 0. The predicted octanol–water partition coefficient (Wildman–Crippen LogP) is 1.15. The third kappa shape index (κ3) is 3.01. The monoisotopic (exact) mass is 263 g/mol. The van der Waals surface area contributed by atoms with Gasteiger partial charge >= 0.3 is 12.0 Å². The highest BCUT2D eigenvalue weighted by Gasteiger charge is 2.33. The fourth-order valence-corrected chi connectivity index (χ4v) is 2.22. The minimum atomic E-state index is -0.940. The van der Waals surface area contributed by atoms with Crippen molar-refractivity contribution in [2.24, 2.45) is 0 Å². The van der Waals surface area contributed by atoms with E-state index in [0.717, 1.165) is 17.5 Å². The molecule has 2 heterocycles. The van der Waals surface area contributed by atoms with Crippen LogP contribution < -0.4 is 5.32 Å². The maximum Gasteiger partial charge on any atom is 0.326 e. The van der Waals surface area contributed by atoms with Gasteiger partial charge in [-0.25, -0.2) is 9.59 Å². The molecule has 1 aromatic heterocycles. The number of likely N-dealkylation sites (tertiary alicyclic amines) is 1. The number of hydrogen-bond acceptors (Lipinski definition) is 3. The molecule has 1 aliphatic heterocycles. The Morgan fingerprint density at radius 3 is 3.05 bits per heavy atom. The molecule has 102 valence electrons. The number of urea groups is 1. The lowest BCUT2D eigenvalue weighted by molar-refractivity contribution is -0.141. The van der Waals surface area contributed by atoms with E-state index in [-0.39, 0.29) is 6.03 Å². The van der Waals surface area contributed by atoms with E-state index in [1.807, 2.05) is 13.0 Å². The van der Waals surface area contributed by atoms with Gasteiger partial charge in [-0.05, 0) is 37.0 Å². The van der Waals surface area contributed by atoms with Gasteiger partial charge in [0.25, 0.3) is 0 Å². The Hall–Kier alpha value is -2.11. The zero-order valence-corrected chi connectivity index (χ0v) is 10.8. The zero-order chi connectivity index (χ0) is 13.8. The number of carboxylic acids is 1. The summed E-state index contributed by atoms with van der Waals surface area (Å²) in [5, 5.41) is 11.8. The Bertz CT molecular complexity index is 490. The average molecular weight is 263 g/mol. The molecular formula is C13H17N3O3. The van der Waals surface area contributed by atoms with Gasteiger partial charge in [-0.2, -0.15) is 0 Å². The van der Waals surface area contributed by atoms with Gasteiger partial charge in [-0.15, -0.1) is 0 Å². The number of aromatic nitrogens is 1. The quantitative estimate of drug-likeness (QED) is 0.857. The van der Waals surface area contributed by atoms with Gasteiger partial charge < -0.3 is 15.3 Å². The van der Waals surface area contributed by atoms with Crippen LogP contribution in [0.4, 0.5) is 4.79 Å². The highest BCUT2D eigenvalue weighted by Crippen LogP contribution is 2.17. The minimum Gasteiger partial charge on any atom is -0.480 e. The summed E-state index contributed by atoms with van der Waals surface area (Å²) < 4.78 is 0. The first-order valence-electron chi connectivity index (χ1n) is 6.26. The van der Waals surface area contributed by atoms with Crippen LogP contribution in [0.2, 0.25) is 0 Å². The van der Waals surface area contributed by atoms with Crippen molar-refractivity contribution in [1.29, 1.82) is 0 Å². The van der Waals surface area contributed by atoms with Gasteiger partial charge in [-0.3, -0.25) is 4.98 Å². The van der Waals surface area contributed by atoms with Crippen LogP contribution in [-0.4, -0.2) is 39.6 Å². The number of nitrogens with zero attached hydrogens (tertiary/aromatic N) is 2. The first-order chi connectivity index (χ1) is 9.09. The lowest BCUT2D eigenvalue weighted by atomic mass is 10.1. The van der Waals surface area contributed by atoms with Crippen LogP contribution in [0.1, 0.15) is 24.0 Å².